The lowest BCUT2D eigenvalue weighted by Crippen LogP contribution is -2.52. The lowest BCUT2D eigenvalue weighted by Gasteiger charge is -2.46. The number of aliphatic hydroxyl groups excluding tert-OH is 1. The molecule has 0 amide bonds. The van der Waals surface area contributed by atoms with Gasteiger partial charge in [0.25, 0.3) is 0 Å². The molecule has 0 aliphatic heterocycles. The summed E-state index contributed by atoms with van der Waals surface area (Å²) in [4.78, 5) is 12.9. The standard InChI is InChI=1S/C25H28ClNO3/c1-30-23(29)25(27-21-9-4-8-20(26)17-21)13-11-24(12-14-25)19(7-5-15-28)16-18-6-2-3-10-22(18)24/h2-4,6,8-10,16-17,27-28H,5,7,11-15H2,1H3. The van der Waals surface area contributed by atoms with E-state index < -0.39 is 5.54 Å². The number of esters is 1. The molecule has 4 nitrogen and oxygen atoms in total. The molecule has 2 N–H and O–H groups in total. The SMILES string of the molecule is COC(=O)C1(Nc2cccc(Cl)c2)CCC2(CC1)C(CCCO)=Cc1ccccc12. The van der Waals surface area contributed by atoms with Crippen LogP contribution in [-0.2, 0) is 14.9 Å². The van der Waals surface area contributed by atoms with Crippen LogP contribution < -0.4 is 5.32 Å². The highest BCUT2D eigenvalue weighted by Crippen LogP contribution is 2.54. The van der Waals surface area contributed by atoms with Crippen LogP contribution in [0, 0.1) is 0 Å². The second-order valence-electron chi connectivity index (χ2n) is 8.38. The molecule has 2 aromatic carbocycles. The average molecular weight is 426 g/mol. The van der Waals surface area contributed by atoms with E-state index in [-0.39, 0.29) is 18.0 Å². The molecule has 0 unspecified atom stereocenters. The van der Waals surface area contributed by atoms with Crippen molar-refractivity contribution in [3.8, 4) is 0 Å². The van der Waals surface area contributed by atoms with Crippen molar-refractivity contribution in [1.29, 1.82) is 0 Å². The van der Waals surface area contributed by atoms with E-state index in [4.69, 9.17) is 16.3 Å². The minimum absolute atomic E-state index is 0.0701. The summed E-state index contributed by atoms with van der Waals surface area (Å²) in [6.45, 7) is 0.187. The first-order valence-corrected chi connectivity index (χ1v) is 10.9. The number of carbonyl (C=O) groups excluding carboxylic acids is 1. The number of ether oxygens (including phenoxy) is 1. The summed E-state index contributed by atoms with van der Waals surface area (Å²) in [6.07, 6.45) is 6.95. The number of nitrogens with one attached hydrogen (secondary N) is 1. The fourth-order valence-corrected chi connectivity index (χ4v) is 5.44. The molecule has 0 radical (unpaired) electrons. The van der Waals surface area contributed by atoms with Gasteiger partial charge in [0.1, 0.15) is 5.54 Å². The predicted octanol–water partition coefficient (Wildman–Crippen LogP) is 5.35. The Kier molecular flexibility index (Phi) is 5.90. The van der Waals surface area contributed by atoms with Crippen LogP contribution in [0.15, 0.2) is 54.1 Å². The summed E-state index contributed by atoms with van der Waals surface area (Å²) >= 11 is 6.16. The number of allylic oxidation sites excluding steroid dienone is 1. The summed E-state index contributed by atoms with van der Waals surface area (Å²) < 4.78 is 5.23. The third-order valence-corrected chi connectivity index (χ3v) is 7.00. The molecule has 4 rings (SSSR count). The zero-order valence-corrected chi connectivity index (χ0v) is 18.0. The minimum atomic E-state index is -0.774. The van der Waals surface area contributed by atoms with Crippen molar-refractivity contribution >= 4 is 29.3 Å². The highest BCUT2D eigenvalue weighted by atomic mass is 35.5. The molecular weight excluding hydrogens is 398 g/mol. The summed E-state index contributed by atoms with van der Waals surface area (Å²) in [5.74, 6) is -0.232. The van der Waals surface area contributed by atoms with Crippen molar-refractivity contribution in [2.45, 2.75) is 49.5 Å². The van der Waals surface area contributed by atoms with Crippen molar-refractivity contribution in [2.24, 2.45) is 0 Å². The van der Waals surface area contributed by atoms with Gasteiger partial charge in [-0.2, -0.15) is 0 Å². The Morgan fingerprint density at radius 1 is 1.13 bits per heavy atom. The molecule has 5 heteroatoms. The summed E-state index contributed by atoms with van der Waals surface area (Å²) in [6, 6.07) is 16.0. The number of methoxy groups -OCH3 is 1. The Balaban J connectivity index is 1.65. The predicted molar refractivity (Wildman–Crippen MR) is 121 cm³/mol. The van der Waals surface area contributed by atoms with E-state index in [2.05, 4.69) is 35.7 Å². The quantitative estimate of drug-likeness (QED) is 0.613. The molecule has 0 atom stereocenters. The number of rotatable bonds is 6. The van der Waals surface area contributed by atoms with Crippen molar-refractivity contribution in [3.05, 3.63) is 70.3 Å². The first-order chi connectivity index (χ1) is 14.5. The van der Waals surface area contributed by atoms with Gasteiger partial charge in [-0.1, -0.05) is 53.6 Å². The lowest BCUT2D eigenvalue weighted by molar-refractivity contribution is -0.147. The number of anilines is 1. The average Bonchev–Trinajstić information content (AvgIpc) is 3.06. The van der Waals surface area contributed by atoms with Crippen molar-refractivity contribution in [3.63, 3.8) is 0 Å². The summed E-state index contributed by atoms with van der Waals surface area (Å²) in [7, 11) is 1.45. The van der Waals surface area contributed by atoms with Gasteiger partial charge >= 0.3 is 5.97 Å². The van der Waals surface area contributed by atoms with Gasteiger partial charge in [0.05, 0.1) is 7.11 Å². The molecule has 0 heterocycles. The van der Waals surface area contributed by atoms with Gasteiger partial charge < -0.3 is 15.2 Å². The van der Waals surface area contributed by atoms with Gasteiger partial charge in [0.2, 0.25) is 0 Å². The molecule has 158 valence electrons. The molecule has 1 spiro atoms. The Hall–Kier alpha value is -2.30. The van der Waals surface area contributed by atoms with Crippen molar-refractivity contribution in [1.82, 2.24) is 0 Å². The highest BCUT2D eigenvalue weighted by molar-refractivity contribution is 6.30. The van der Waals surface area contributed by atoms with Crippen LogP contribution in [0.25, 0.3) is 6.08 Å². The Bertz CT molecular complexity index is 960. The Morgan fingerprint density at radius 2 is 1.90 bits per heavy atom. The van der Waals surface area contributed by atoms with E-state index in [0.29, 0.717) is 17.9 Å². The normalized spacial score (nSPS) is 25.0. The molecular formula is C25H28ClNO3. The van der Waals surface area contributed by atoms with E-state index in [1.54, 1.807) is 0 Å². The lowest BCUT2D eigenvalue weighted by atomic mass is 9.61. The zero-order valence-electron chi connectivity index (χ0n) is 17.3. The Morgan fingerprint density at radius 3 is 2.60 bits per heavy atom. The van der Waals surface area contributed by atoms with Gasteiger partial charge in [-0.05, 0) is 67.9 Å². The number of benzene rings is 2. The zero-order chi connectivity index (χ0) is 21.2. The maximum absolute atomic E-state index is 12.9. The maximum atomic E-state index is 12.9. The maximum Gasteiger partial charge on any atom is 0.331 e. The molecule has 2 aromatic rings. The van der Waals surface area contributed by atoms with E-state index in [1.807, 2.05) is 24.3 Å². The smallest absolute Gasteiger partial charge is 0.331 e. The fourth-order valence-electron chi connectivity index (χ4n) is 5.25. The molecule has 0 bridgehead atoms. The first kappa shape index (κ1) is 21.0. The molecule has 2 aliphatic rings. The van der Waals surface area contributed by atoms with Crippen LogP contribution >= 0.6 is 11.6 Å². The largest absolute Gasteiger partial charge is 0.467 e. The van der Waals surface area contributed by atoms with Gasteiger partial charge in [-0.25, -0.2) is 4.79 Å². The molecule has 1 fully saturated rings. The monoisotopic (exact) mass is 425 g/mol. The van der Waals surface area contributed by atoms with E-state index >= 15 is 0 Å². The summed E-state index contributed by atoms with van der Waals surface area (Å²) in [5, 5.41) is 13.5. The number of hydrogen-bond acceptors (Lipinski definition) is 4. The molecule has 0 aromatic heterocycles. The van der Waals surface area contributed by atoms with Crippen LogP contribution in [-0.4, -0.2) is 30.3 Å². The molecule has 2 aliphatic carbocycles. The van der Waals surface area contributed by atoms with E-state index in [1.165, 1.54) is 23.8 Å². The van der Waals surface area contributed by atoms with Crippen LogP contribution in [0.1, 0.15) is 49.7 Å². The third kappa shape index (κ3) is 3.63. The van der Waals surface area contributed by atoms with Crippen LogP contribution in [0.2, 0.25) is 5.02 Å². The second-order valence-corrected chi connectivity index (χ2v) is 8.81. The first-order valence-electron chi connectivity index (χ1n) is 10.6. The third-order valence-electron chi connectivity index (χ3n) is 6.77. The number of hydrogen-bond donors (Lipinski definition) is 2. The number of halogens is 1. The Labute approximate surface area is 182 Å². The van der Waals surface area contributed by atoms with Gasteiger partial charge in [0.15, 0.2) is 0 Å². The number of carbonyl (C=O) groups is 1. The molecule has 0 saturated heterocycles. The highest BCUT2D eigenvalue weighted by Gasteiger charge is 2.51. The molecule has 30 heavy (non-hydrogen) atoms. The topological polar surface area (TPSA) is 58.6 Å². The van der Waals surface area contributed by atoms with Crippen molar-refractivity contribution in [2.75, 3.05) is 19.0 Å². The second kappa shape index (κ2) is 8.44. The van der Waals surface area contributed by atoms with Gasteiger partial charge in [-0.3, -0.25) is 0 Å². The van der Waals surface area contributed by atoms with E-state index in [9.17, 15) is 9.90 Å². The van der Waals surface area contributed by atoms with Crippen LogP contribution in [0.3, 0.4) is 0 Å². The van der Waals surface area contributed by atoms with E-state index in [0.717, 1.165) is 31.4 Å². The minimum Gasteiger partial charge on any atom is -0.467 e. The summed E-state index contributed by atoms with van der Waals surface area (Å²) in [5.41, 5.74) is 3.97. The van der Waals surface area contributed by atoms with Crippen LogP contribution in [0.5, 0.6) is 0 Å². The van der Waals surface area contributed by atoms with Gasteiger partial charge in [0, 0.05) is 22.7 Å². The fraction of sp³-hybridized carbons (Fsp3) is 0.400. The number of aliphatic hydroxyl groups is 1. The molecule has 1 saturated carbocycles. The number of fused-ring (bicyclic) bond motifs is 2. The van der Waals surface area contributed by atoms with Gasteiger partial charge in [-0.15, -0.1) is 0 Å². The van der Waals surface area contributed by atoms with Crippen molar-refractivity contribution < 1.29 is 14.6 Å². The van der Waals surface area contributed by atoms with Crippen LogP contribution in [0.4, 0.5) is 5.69 Å².